The minimum atomic E-state index is -0.931. The Labute approximate surface area is 78.3 Å². The molecule has 0 saturated carbocycles. The van der Waals surface area contributed by atoms with Gasteiger partial charge in [-0.3, -0.25) is 4.79 Å². The first-order valence-corrected chi connectivity index (χ1v) is 4.61. The first-order valence-electron chi connectivity index (χ1n) is 4.61. The van der Waals surface area contributed by atoms with Crippen molar-refractivity contribution in [2.24, 2.45) is 0 Å². The van der Waals surface area contributed by atoms with E-state index in [0.29, 0.717) is 13.2 Å². The molecule has 0 aromatic rings. The molecule has 0 aromatic carbocycles. The molecule has 0 bridgehead atoms. The van der Waals surface area contributed by atoms with Gasteiger partial charge in [0.2, 0.25) is 5.91 Å². The van der Waals surface area contributed by atoms with Crippen LogP contribution in [0.25, 0.3) is 0 Å². The van der Waals surface area contributed by atoms with Crippen LogP contribution in [0.5, 0.6) is 0 Å². The Morgan fingerprint density at radius 1 is 1.54 bits per heavy atom. The zero-order valence-electron chi connectivity index (χ0n) is 8.17. The van der Waals surface area contributed by atoms with Crippen LogP contribution in [0.2, 0.25) is 0 Å². The van der Waals surface area contributed by atoms with Crippen LogP contribution in [0.4, 0.5) is 0 Å². The summed E-state index contributed by atoms with van der Waals surface area (Å²) in [6, 6.07) is 0. The molecule has 1 aliphatic rings. The molecule has 0 radical (unpaired) electrons. The Bertz CT molecular complexity index is 185. The molecule has 13 heavy (non-hydrogen) atoms. The molecule has 1 heterocycles. The van der Waals surface area contributed by atoms with Gasteiger partial charge < -0.3 is 15.2 Å². The van der Waals surface area contributed by atoms with Gasteiger partial charge >= 0.3 is 0 Å². The van der Waals surface area contributed by atoms with E-state index in [0.717, 1.165) is 12.8 Å². The summed E-state index contributed by atoms with van der Waals surface area (Å²) in [5.41, 5.74) is -0.202. The number of hydrogen-bond acceptors (Lipinski definition) is 3. The topological polar surface area (TPSA) is 58.6 Å². The van der Waals surface area contributed by atoms with E-state index in [2.05, 4.69) is 5.32 Å². The van der Waals surface area contributed by atoms with Crippen molar-refractivity contribution in [3.8, 4) is 0 Å². The molecule has 0 unspecified atom stereocenters. The van der Waals surface area contributed by atoms with Gasteiger partial charge in [-0.1, -0.05) is 0 Å². The van der Waals surface area contributed by atoms with Gasteiger partial charge in [0.15, 0.2) is 0 Å². The number of nitrogens with one attached hydrogen (secondary N) is 1. The maximum absolute atomic E-state index is 11.2. The van der Waals surface area contributed by atoms with E-state index < -0.39 is 6.10 Å². The zero-order valence-corrected chi connectivity index (χ0v) is 8.17. The Kier molecular flexibility index (Phi) is 3.27. The Hall–Kier alpha value is -0.610. The third-order valence-electron chi connectivity index (χ3n) is 2.40. The lowest BCUT2D eigenvalue weighted by molar-refractivity contribution is -0.131. The fourth-order valence-corrected chi connectivity index (χ4v) is 1.35. The third kappa shape index (κ3) is 2.97. The Morgan fingerprint density at radius 2 is 2.08 bits per heavy atom. The number of rotatable bonds is 2. The van der Waals surface area contributed by atoms with Crippen LogP contribution in [-0.4, -0.2) is 35.9 Å². The lowest BCUT2D eigenvalue weighted by Gasteiger charge is -2.34. The van der Waals surface area contributed by atoms with E-state index >= 15 is 0 Å². The summed E-state index contributed by atoms with van der Waals surface area (Å²) in [5.74, 6) is -0.301. The van der Waals surface area contributed by atoms with E-state index in [-0.39, 0.29) is 11.4 Å². The molecule has 1 rings (SSSR count). The molecule has 0 aliphatic carbocycles. The van der Waals surface area contributed by atoms with Gasteiger partial charge in [0, 0.05) is 18.8 Å². The summed E-state index contributed by atoms with van der Waals surface area (Å²) in [7, 11) is 0. The number of aliphatic hydroxyl groups excluding tert-OH is 1. The minimum Gasteiger partial charge on any atom is -0.384 e. The maximum Gasteiger partial charge on any atom is 0.248 e. The number of aliphatic hydroxyl groups is 1. The van der Waals surface area contributed by atoms with Gasteiger partial charge in [-0.05, 0) is 26.7 Å². The predicted molar refractivity (Wildman–Crippen MR) is 48.3 cm³/mol. The van der Waals surface area contributed by atoms with E-state index in [1.807, 2.05) is 6.92 Å². The third-order valence-corrected chi connectivity index (χ3v) is 2.40. The lowest BCUT2D eigenvalue weighted by Crippen LogP contribution is -2.52. The SMILES string of the molecule is C[C@@H](O)C(=O)NC1(C)CCOCC1. The van der Waals surface area contributed by atoms with Crippen molar-refractivity contribution >= 4 is 5.91 Å². The van der Waals surface area contributed by atoms with Crippen molar-refractivity contribution in [3.05, 3.63) is 0 Å². The fraction of sp³-hybridized carbons (Fsp3) is 0.889. The smallest absolute Gasteiger partial charge is 0.248 e. The quantitative estimate of drug-likeness (QED) is 0.642. The highest BCUT2D eigenvalue weighted by atomic mass is 16.5. The highest BCUT2D eigenvalue weighted by molar-refractivity contribution is 5.80. The summed E-state index contributed by atoms with van der Waals surface area (Å²) in [6.45, 7) is 4.81. The minimum absolute atomic E-state index is 0.202. The van der Waals surface area contributed by atoms with Crippen LogP contribution in [-0.2, 0) is 9.53 Å². The van der Waals surface area contributed by atoms with Crippen LogP contribution < -0.4 is 5.32 Å². The van der Waals surface area contributed by atoms with Gasteiger partial charge in [0.05, 0.1) is 0 Å². The van der Waals surface area contributed by atoms with Gasteiger partial charge in [-0.2, -0.15) is 0 Å². The number of carbonyl (C=O) groups is 1. The van der Waals surface area contributed by atoms with Gasteiger partial charge in [-0.15, -0.1) is 0 Å². The van der Waals surface area contributed by atoms with Crippen LogP contribution in [0.1, 0.15) is 26.7 Å². The zero-order chi connectivity index (χ0) is 9.90. The van der Waals surface area contributed by atoms with E-state index in [1.54, 1.807) is 0 Å². The summed E-state index contributed by atoms with van der Waals surface area (Å²) >= 11 is 0. The average molecular weight is 187 g/mol. The van der Waals surface area contributed by atoms with Crippen LogP contribution in [0.3, 0.4) is 0 Å². The van der Waals surface area contributed by atoms with Crippen molar-refractivity contribution in [2.75, 3.05) is 13.2 Å². The first kappa shape index (κ1) is 10.5. The molecule has 1 fully saturated rings. The van der Waals surface area contributed by atoms with Crippen LogP contribution >= 0.6 is 0 Å². The summed E-state index contributed by atoms with van der Waals surface area (Å²) < 4.78 is 5.19. The number of amides is 1. The van der Waals surface area contributed by atoms with Crippen LogP contribution in [0, 0.1) is 0 Å². The molecule has 1 atom stereocenters. The maximum atomic E-state index is 11.2. The largest absolute Gasteiger partial charge is 0.384 e. The van der Waals surface area contributed by atoms with Crippen molar-refractivity contribution < 1.29 is 14.6 Å². The number of hydrogen-bond donors (Lipinski definition) is 2. The van der Waals surface area contributed by atoms with E-state index in [9.17, 15) is 4.79 Å². The highest BCUT2D eigenvalue weighted by Crippen LogP contribution is 2.19. The molecule has 0 aromatic heterocycles. The van der Waals surface area contributed by atoms with Gasteiger partial charge in [0.25, 0.3) is 0 Å². The molecule has 1 amide bonds. The highest BCUT2D eigenvalue weighted by Gasteiger charge is 2.29. The van der Waals surface area contributed by atoms with Crippen molar-refractivity contribution in [1.29, 1.82) is 0 Å². The van der Waals surface area contributed by atoms with Crippen LogP contribution in [0.15, 0.2) is 0 Å². The van der Waals surface area contributed by atoms with Crippen molar-refractivity contribution in [1.82, 2.24) is 5.32 Å². The predicted octanol–water partition coefficient (Wildman–Crippen LogP) is 0.0525. The van der Waals surface area contributed by atoms with Gasteiger partial charge in [0.1, 0.15) is 6.10 Å². The second kappa shape index (κ2) is 4.07. The molecule has 2 N–H and O–H groups in total. The van der Waals surface area contributed by atoms with Crippen molar-refractivity contribution in [3.63, 3.8) is 0 Å². The lowest BCUT2D eigenvalue weighted by atomic mass is 9.92. The monoisotopic (exact) mass is 187 g/mol. The summed E-state index contributed by atoms with van der Waals surface area (Å²) in [5, 5.41) is 11.8. The van der Waals surface area contributed by atoms with Crippen molar-refractivity contribution in [2.45, 2.75) is 38.3 Å². The van der Waals surface area contributed by atoms with E-state index in [1.165, 1.54) is 6.92 Å². The van der Waals surface area contributed by atoms with E-state index in [4.69, 9.17) is 9.84 Å². The Morgan fingerprint density at radius 3 is 2.54 bits per heavy atom. The number of ether oxygens (including phenoxy) is 1. The summed E-state index contributed by atoms with van der Waals surface area (Å²) in [4.78, 5) is 11.2. The normalized spacial score (nSPS) is 23.6. The Balaban J connectivity index is 2.45. The molecule has 4 nitrogen and oxygen atoms in total. The summed E-state index contributed by atoms with van der Waals surface area (Å²) in [6.07, 6.45) is 0.691. The fourth-order valence-electron chi connectivity index (χ4n) is 1.35. The molecule has 1 aliphatic heterocycles. The molecular formula is C9H17NO3. The second-order valence-corrected chi connectivity index (χ2v) is 3.84. The molecule has 1 saturated heterocycles. The molecule has 0 spiro atoms. The first-order chi connectivity index (χ1) is 6.03. The van der Waals surface area contributed by atoms with Gasteiger partial charge in [-0.25, -0.2) is 0 Å². The second-order valence-electron chi connectivity index (χ2n) is 3.84. The molecule has 76 valence electrons. The molecular weight excluding hydrogens is 170 g/mol. The molecule has 4 heteroatoms. The average Bonchev–Trinajstić information content (AvgIpc) is 2.04. The number of carbonyl (C=O) groups excluding carboxylic acids is 1. The standard InChI is InChI=1S/C9H17NO3/c1-7(11)8(12)10-9(2)3-5-13-6-4-9/h7,11H,3-6H2,1-2H3,(H,10,12)/t7-/m1/s1.